The van der Waals surface area contributed by atoms with Crippen LogP contribution in [0.4, 0.5) is 10.5 Å². The van der Waals surface area contributed by atoms with Gasteiger partial charge in [-0.25, -0.2) is 19.6 Å². The van der Waals surface area contributed by atoms with E-state index in [1.54, 1.807) is 0 Å². The Morgan fingerprint density at radius 1 is 1.33 bits per heavy atom. The first-order valence-electron chi connectivity index (χ1n) is 5.27. The minimum Gasteiger partial charge on any atom is -0.351 e. The number of rotatable bonds is 2. The van der Waals surface area contributed by atoms with E-state index >= 15 is 0 Å². The molecule has 2 amide bonds. The molecular weight excluding hydrogens is 253 g/mol. The normalized spacial score (nSPS) is 17.1. The molecule has 1 fully saturated rings. The van der Waals surface area contributed by atoms with E-state index in [1.807, 2.05) is 6.07 Å². The fourth-order valence-corrected chi connectivity index (χ4v) is 3.68. The van der Waals surface area contributed by atoms with Gasteiger partial charge in [-0.1, -0.05) is 0 Å². The maximum atomic E-state index is 12.4. The number of nitrogens with zero attached hydrogens (tertiary/aromatic N) is 2. The van der Waals surface area contributed by atoms with Gasteiger partial charge in [0, 0.05) is 13.1 Å². The zero-order valence-corrected chi connectivity index (χ0v) is 10.4. The number of benzene rings is 1. The predicted octanol–water partition coefficient (Wildman–Crippen LogP) is 0.744. The lowest BCUT2D eigenvalue weighted by Gasteiger charge is -2.26. The Kier molecular flexibility index (Phi) is 3.34. The van der Waals surface area contributed by atoms with Gasteiger partial charge in [0.15, 0.2) is 0 Å². The van der Waals surface area contributed by atoms with Gasteiger partial charge >= 0.3 is 13.6 Å². The highest BCUT2D eigenvalue weighted by Crippen LogP contribution is 2.45. The molecule has 1 aliphatic heterocycles. The van der Waals surface area contributed by atoms with Crippen LogP contribution in [0.5, 0.6) is 0 Å². The molecule has 0 aromatic heterocycles. The summed E-state index contributed by atoms with van der Waals surface area (Å²) < 4.78 is 13.4. The molecule has 1 heterocycles. The van der Waals surface area contributed by atoms with Gasteiger partial charge in [0.05, 0.1) is 17.3 Å². The van der Waals surface area contributed by atoms with Gasteiger partial charge in [0.25, 0.3) is 0 Å². The Labute approximate surface area is 104 Å². The van der Waals surface area contributed by atoms with Gasteiger partial charge in [-0.2, -0.15) is 5.26 Å². The van der Waals surface area contributed by atoms with Gasteiger partial charge in [-0.3, -0.25) is 4.57 Å². The SMILES string of the molecule is N#Cc1ccc(N(C(N)=O)P2(=O)NCCN2)cc1. The van der Waals surface area contributed by atoms with E-state index in [1.165, 1.54) is 24.3 Å². The lowest BCUT2D eigenvalue weighted by Crippen LogP contribution is -2.38. The van der Waals surface area contributed by atoms with Crippen LogP contribution < -0.4 is 20.6 Å². The third-order valence-corrected chi connectivity index (χ3v) is 4.80. The highest BCUT2D eigenvalue weighted by Gasteiger charge is 2.37. The first kappa shape index (κ1) is 12.6. The number of nitriles is 1. The Balaban J connectivity index is 2.39. The van der Waals surface area contributed by atoms with Crippen molar-refractivity contribution in [2.45, 2.75) is 0 Å². The van der Waals surface area contributed by atoms with E-state index in [2.05, 4.69) is 10.2 Å². The van der Waals surface area contributed by atoms with Crippen LogP contribution in [0, 0.1) is 11.3 Å². The van der Waals surface area contributed by atoms with Gasteiger partial charge in [-0.15, -0.1) is 0 Å². The molecule has 0 unspecified atom stereocenters. The number of primary amides is 1. The Hall–Kier alpha value is -1.87. The molecule has 18 heavy (non-hydrogen) atoms. The molecule has 0 radical (unpaired) electrons. The topological polar surface area (TPSA) is 111 Å². The average molecular weight is 265 g/mol. The number of hydrogen-bond donors (Lipinski definition) is 3. The van der Waals surface area contributed by atoms with Crippen molar-refractivity contribution < 1.29 is 9.36 Å². The van der Waals surface area contributed by atoms with Crippen LogP contribution >= 0.6 is 7.59 Å². The predicted molar refractivity (Wildman–Crippen MR) is 66.8 cm³/mol. The number of nitrogens with one attached hydrogen (secondary N) is 2. The van der Waals surface area contributed by atoms with Crippen LogP contribution in [-0.4, -0.2) is 19.1 Å². The number of hydrogen-bond acceptors (Lipinski definition) is 3. The number of nitrogens with two attached hydrogens (primary N) is 1. The summed E-state index contributed by atoms with van der Waals surface area (Å²) in [7, 11) is -3.21. The highest BCUT2D eigenvalue weighted by molar-refractivity contribution is 7.62. The second-order valence-electron chi connectivity index (χ2n) is 3.70. The van der Waals surface area contributed by atoms with Crippen molar-refractivity contribution >= 4 is 19.3 Å². The molecule has 8 heteroatoms. The van der Waals surface area contributed by atoms with Crippen molar-refractivity contribution in [2.75, 3.05) is 17.8 Å². The second kappa shape index (κ2) is 4.78. The molecule has 0 aliphatic carbocycles. The van der Waals surface area contributed by atoms with Gasteiger partial charge < -0.3 is 5.73 Å². The molecule has 0 saturated carbocycles. The van der Waals surface area contributed by atoms with Crippen molar-refractivity contribution in [1.82, 2.24) is 10.2 Å². The summed E-state index contributed by atoms with van der Waals surface area (Å²) in [6.45, 7) is 0.995. The molecule has 4 N–H and O–H groups in total. The number of amides is 2. The maximum Gasteiger partial charge on any atom is 0.326 e. The van der Waals surface area contributed by atoms with Crippen molar-refractivity contribution in [3.8, 4) is 6.07 Å². The second-order valence-corrected chi connectivity index (χ2v) is 5.89. The van der Waals surface area contributed by atoms with Crippen molar-refractivity contribution in [1.29, 1.82) is 5.26 Å². The fraction of sp³-hybridized carbons (Fsp3) is 0.200. The molecule has 0 spiro atoms. The number of carbonyl (C=O) groups is 1. The van der Waals surface area contributed by atoms with Crippen LogP contribution in [-0.2, 0) is 4.57 Å². The molecule has 0 bridgehead atoms. The molecule has 0 atom stereocenters. The molecule has 2 rings (SSSR count). The highest BCUT2D eigenvalue weighted by atomic mass is 31.2. The zero-order chi connectivity index (χ0) is 13.2. The molecule has 1 saturated heterocycles. The summed E-state index contributed by atoms with van der Waals surface area (Å²) in [6, 6.07) is 7.29. The Morgan fingerprint density at radius 3 is 2.33 bits per heavy atom. The Bertz CT molecular complexity index is 540. The van der Waals surface area contributed by atoms with Gasteiger partial charge in [0.1, 0.15) is 0 Å². The van der Waals surface area contributed by atoms with E-state index in [-0.39, 0.29) is 0 Å². The first-order chi connectivity index (χ1) is 8.57. The summed E-state index contributed by atoms with van der Waals surface area (Å²) in [5, 5.41) is 14.2. The number of carbonyl (C=O) groups excluding carboxylic acids is 1. The third-order valence-electron chi connectivity index (χ3n) is 2.51. The van der Waals surface area contributed by atoms with E-state index in [9.17, 15) is 9.36 Å². The first-order valence-corrected chi connectivity index (χ1v) is 6.93. The number of anilines is 1. The summed E-state index contributed by atoms with van der Waals surface area (Å²) >= 11 is 0. The van der Waals surface area contributed by atoms with Gasteiger partial charge in [-0.05, 0) is 24.3 Å². The lowest BCUT2D eigenvalue weighted by atomic mass is 10.2. The fourth-order valence-electron chi connectivity index (χ4n) is 1.72. The largest absolute Gasteiger partial charge is 0.351 e. The summed E-state index contributed by atoms with van der Waals surface area (Å²) in [4.78, 5) is 11.5. The van der Waals surface area contributed by atoms with E-state index < -0.39 is 13.6 Å². The molecule has 7 nitrogen and oxygen atoms in total. The van der Waals surface area contributed by atoms with Crippen LogP contribution in [0.2, 0.25) is 0 Å². The zero-order valence-electron chi connectivity index (χ0n) is 9.46. The third kappa shape index (κ3) is 2.22. The summed E-state index contributed by atoms with van der Waals surface area (Å²) in [5.74, 6) is 0. The smallest absolute Gasteiger partial charge is 0.326 e. The van der Waals surface area contributed by atoms with Crippen LogP contribution in [0.15, 0.2) is 24.3 Å². The van der Waals surface area contributed by atoms with Crippen LogP contribution in [0.3, 0.4) is 0 Å². The van der Waals surface area contributed by atoms with Crippen LogP contribution in [0.25, 0.3) is 0 Å². The molecule has 1 aromatic carbocycles. The molecular formula is C10H12N5O2P. The summed E-state index contributed by atoms with van der Waals surface area (Å²) in [5.41, 5.74) is 6.11. The maximum absolute atomic E-state index is 12.4. The minimum atomic E-state index is -3.21. The van der Waals surface area contributed by atoms with E-state index in [4.69, 9.17) is 11.0 Å². The minimum absolute atomic E-state index is 0.381. The van der Waals surface area contributed by atoms with Crippen molar-refractivity contribution in [3.05, 3.63) is 29.8 Å². The van der Waals surface area contributed by atoms with E-state index in [0.717, 1.165) is 4.67 Å². The molecule has 94 valence electrons. The standard InChI is InChI=1S/C10H12N5O2P/c11-7-8-1-3-9(4-2-8)15(10(12)16)18(17)13-5-6-14-18/h1-4H,5-6H2,(H2,12,16)(H2,13,14,17). The van der Waals surface area contributed by atoms with E-state index in [0.29, 0.717) is 24.3 Å². The molecule has 1 aromatic rings. The van der Waals surface area contributed by atoms with Crippen LogP contribution in [0.1, 0.15) is 5.56 Å². The summed E-state index contributed by atoms with van der Waals surface area (Å²) in [6.07, 6.45) is 0. The van der Waals surface area contributed by atoms with Crippen molar-refractivity contribution in [2.24, 2.45) is 5.73 Å². The van der Waals surface area contributed by atoms with Gasteiger partial charge in [0.2, 0.25) is 0 Å². The molecule has 1 aliphatic rings. The lowest BCUT2D eigenvalue weighted by molar-refractivity contribution is 0.256. The van der Waals surface area contributed by atoms with Crippen molar-refractivity contribution in [3.63, 3.8) is 0 Å². The average Bonchev–Trinajstić information content (AvgIpc) is 2.77. The quantitative estimate of drug-likeness (QED) is 0.683. The monoisotopic (exact) mass is 265 g/mol. The number of urea groups is 1. The Morgan fingerprint density at radius 2 is 1.89 bits per heavy atom.